The van der Waals surface area contributed by atoms with Crippen LogP contribution in [0.3, 0.4) is 0 Å². The molecule has 114 valence electrons. The lowest BCUT2D eigenvalue weighted by molar-refractivity contribution is -0.385. The quantitative estimate of drug-likeness (QED) is 0.358. The normalized spacial score (nSPS) is 10.4. The van der Waals surface area contributed by atoms with Gasteiger partial charge in [-0.05, 0) is 41.1 Å². The summed E-state index contributed by atoms with van der Waals surface area (Å²) in [4.78, 5) is 10.5. The maximum Gasteiger partial charge on any atom is 0.272 e. The fourth-order valence-electron chi connectivity index (χ4n) is 1.81. The lowest BCUT2D eigenvalue weighted by atomic mass is 10.1. The van der Waals surface area contributed by atoms with Gasteiger partial charge >= 0.3 is 0 Å². The number of aryl methyl sites for hydroxylation is 1. The topological polar surface area (TPSA) is 55.2 Å². The van der Waals surface area contributed by atoms with Crippen LogP contribution in [0.15, 0.2) is 34.8 Å². The monoisotopic (exact) mass is 386 g/mol. The van der Waals surface area contributed by atoms with Gasteiger partial charge in [-0.1, -0.05) is 12.2 Å². The molecule has 0 saturated carbocycles. The van der Waals surface area contributed by atoms with Crippen LogP contribution < -0.4 is 5.32 Å². The zero-order valence-corrected chi connectivity index (χ0v) is 13.6. The molecule has 0 aliphatic rings. The van der Waals surface area contributed by atoms with E-state index in [1.165, 1.54) is 12.1 Å². The van der Waals surface area contributed by atoms with Crippen molar-refractivity contribution in [3.05, 3.63) is 67.7 Å². The molecule has 0 aliphatic heterocycles. The third-order valence-electron chi connectivity index (χ3n) is 2.91. The van der Waals surface area contributed by atoms with Crippen LogP contribution in [-0.2, 0) is 0 Å². The SMILES string of the molecule is Cc1cc(C(=S)Nc2cc(F)c(F)cc2Br)ccc1[N+](=O)[O-]. The summed E-state index contributed by atoms with van der Waals surface area (Å²) in [5.74, 6) is -1.98. The number of rotatable bonds is 3. The summed E-state index contributed by atoms with van der Waals surface area (Å²) in [6.07, 6.45) is 0. The minimum atomic E-state index is -1.01. The average molecular weight is 387 g/mol. The first-order valence-electron chi connectivity index (χ1n) is 6.00. The average Bonchev–Trinajstić information content (AvgIpc) is 2.44. The number of nitro groups is 1. The van der Waals surface area contributed by atoms with Gasteiger partial charge < -0.3 is 5.32 Å². The summed E-state index contributed by atoms with van der Waals surface area (Å²) in [5.41, 5.74) is 1.24. The van der Waals surface area contributed by atoms with Crippen molar-refractivity contribution in [3.63, 3.8) is 0 Å². The van der Waals surface area contributed by atoms with Crippen molar-refractivity contribution < 1.29 is 13.7 Å². The Hall–Kier alpha value is -1.93. The molecule has 0 radical (unpaired) electrons. The molecule has 0 heterocycles. The summed E-state index contributed by atoms with van der Waals surface area (Å²) in [6.45, 7) is 1.59. The number of anilines is 1. The fourth-order valence-corrected chi connectivity index (χ4v) is 2.47. The summed E-state index contributed by atoms with van der Waals surface area (Å²) < 4.78 is 26.6. The predicted molar refractivity (Wildman–Crippen MR) is 87.2 cm³/mol. The molecule has 0 atom stereocenters. The van der Waals surface area contributed by atoms with E-state index in [9.17, 15) is 18.9 Å². The van der Waals surface area contributed by atoms with Crippen molar-refractivity contribution in [2.24, 2.45) is 0 Å². The molecular formula is C14H9BrF2N2O2S. The minimum Gasteiger partial charge on any atom is -0.345 e. The van der Waals surface area contributed by atoms with Gasteiger partial charge in [-0.3, -0.25) is 10.1 Å². The summed E-state index contributed by atoms with van der Waals surface area (Å²) in [7, 11) is 0. The second-order valence-electron chi connectivity index (χ2n) is 4.46. The minimum absolute atomic E-state index is 0.0134. The molecule has 22 heavy (non-hydrogen) atoms. The number of benzene rings is 2. The van der Waals surface area contributed by atoms with Gasteiger partial charge in [0.05, 0.1) is 10.6 Å². The highest BCUT2D eigenvalue weighted by Gasteiger charge is 2.14. The zero-order chi connectivity index (χ0) is 16.4. The van der Waals surface area contributed by atoms with Gasteiger partial charge in [0.1, 0.15) is 4.99 Å². The molecule has 0 spiro atoms. The van der Waals surface area contributed by atoms with Crippen LogP contribution in [-0.4, -0.2) is 9.91 Å². The highest BCUT2D eigenvalue weighted by atomic mass is 79.9. The highest BCUT2D eigenvalue weighted by molar-refractivity contribution is 9.10. The molecular weight excluding hydrogens is 378 g/mol. The number of thiocarbonyl (C=S) groups is 1. The van der Waals surface area contributed by atoms with E-state index in [1.807, 2.05) is 0 Å². The summed E-state index contributed by atoms with van der Waals surface area (Å²) in [6, 6.07) is 6.36. The summed E-state index contributed by atoms with van der Waals surface area (Å²) in [5, 5.41) is 13.6. The molecule has 0 unspecified atom stereocenters. The van der Waals surface area contributed by atoms with Gasteiger partial charge in [-0.25, -0.2) is 8.78 Å². The summed E-state index contributed by atoms with van der Waals surface area (Å²) >= 11 is 8.30. The Morgan fingerprint density at radius 2 is 1.91 bits per heavy atom. The van der Waals surface area contributed by atoms with Crippen LogP contribution >= 0.6 is 28.1 Å². The van der Waals surface area contributed by atoms with E-state index in [4.69, 9.17) is 12.2 Å². The van der Waals surface area contributed by atoms with E-state index in [2.05, 4.69) is 21.2 Å². The third kappa shape index (κ3) is 3.45. The number of nitrogens with one attached hydrogen (secondary N) is 1. The second-order valence-corrected chi connectivity index (χ2v) is 5.72. The molecule has 8 heteroatoms. The Bertz CT molecular complexity index is 784. The van der Waals surface area contributed by atoms with Crippen molar-refractivity contribution in [1.82, 2.24) is 0 Å². The lowest BCUT2D eigenvalue weighted by Crippen LogP contribution is -2.12. The second kappa shape index (κ2) is 6.45. The Balaban J connectivity index is 2.28. The molecule has 4 nitrogen and oxygen atoms in total. The van der Waals surface area contributed by atoms with E-state index in [-0.39, 0.29) is 16.4 Å². The predicted octanol–water partition coefficient (Wildman–Crippen LogP) is 4.73. The van der Waals surface area contributed by atoms with Gasteiger partial charge in [0, 0.05) is 27.7 Å². The van der Waals surface area contributed by atoms with Crippen molar-refractivity contribution in [2.75, 3.05) is 5.32 Å². The van der Waals surface area contributed by atoms with Gasteiger partial charge in [-0.15, -0.1) is 0 Å². The van der Waals surface area contributed by atoms with Crippen LogP contribution in [0.25, 0.3) is 0 Å². The molecule has 0 bridgehead atoms. The van der Waals surface area contributed by atoms with Gasteiger partial charge in [0.25, 0.3) is 5.69 Å². The number of halogens is 3. The molecule has 0 saturated heterocycles. The van der Waals surface area contributed by atoms with Crippen LogP contribution in [0.5, 0.6) is 0 Å². The Morgan fingerprint density at radius 3 is 2.50 bits per heavy atom. The Kier molecular flexibility index (Phi) is 4.82. The fraction of sp³-hybridized carbons (Fsp3) is 0.0714. The van der Waals surface area contributed by atoms with E-state index >= 15 is 0 Å². The number of hydrogen-bond acceptors (Lipinski definition) is 3. The van der Waals surface area contributed by atoms with Gasteiger partial charge in [0.15, 0.2) is 11.6 Å². The number of hydrogen-bond donors (Lipinski definition) is 1. The van der Waals surface area contributed by atoms with Crippen molar-refractivity contribution in [2.45, 2.75) is 6.92 Å². The first-order valence-corrected chi connectivity index (χ1v) is 7.20. The van der Waals surface area contributed by atoms with Gasteiger partial charge in [-0.2, -0.15) is 0 Å². The largest absolute Gasteiger partial charge is 0.345 e. The number of nitro benzene ring substituents is 1. The Labute approximate surface area is 138 Å². The standard InChI is InChI=1S/C14H9BrF2N2O2S/c1-7-4-8(2-3-13(7)19(20)21)14(22)18-12-6-11(17)10(16)5-9(12)15/h2-6H,1H3,(H,18,22). The van der Waals surface area contributed by atoms with E-state index in [0.29, 0.717) is 15.6 Å². The highest BCUT2D eigenvalue weighted by Crippen LogP contribution is 2.26. The first-order chi connectivity index (χ1) is 10.3. The molecule has 0 amide bonds. The van der Waals surface area contributed by atoms with Crippen molar-refractivity contribution in [3.8, 4) is 0 Å². The van der Waals surface area contributed by atoms with Crippen LogP contribution in [0.2, 0.25) is 0 Å². The van der Waals surface area contributed by atoms with E-state index < -0.39 is 16.6 Å². The van der Waals surface area contributed by atoms with Crippen LogP contribution in [0.1, 0.15) is 11.1 Å². The first kappa shape index (κ1) is 16.4. The maximum absolute atomic E-state index is 13.3. The van der Waals surface area contributed by atoms with Crippen LogP contribution in [0.4, 0.5) is 20.2 Å². The molecule has 0 fully saturated rings. The zero-order valence-electron chi connectivity index (χ0n) is 11.2. The third-order valence-corrected chi connectivity index (χ3v) is 3.91. The molecule has 0 aliphatic carbocycles. The molecule has 0 aromatic heterocycles. The lowest BCUT2D eigenvalue weighted by Gasteiger charge is -2.11. The molecule has 1 N–H and O–H groups in total. The van der Waals surface area contributed by atoms with Gasteiger partial charge in [0.2, 0.25) is 0 Å². The van der Waals surface area contributed by atoms with E-state index in [0.717, 1.165) is 12.1 Å². The number of nitrogens with zero attached hydrogens (tertiary/aromatic N) is 1. The molecule has 2 rings (SSSR count). The maximum atomic E-state index is 13.3. The van der Waals surface area contributed by atoms with Crippen LogP contribution in [0, 0.1) is 28.7 Å². The molecule has 2 aromatic rings. The Morgan fingerprint density at radius 1 is 1.27 bits per heavy atom. The van der Waals surface area contributed by atoms with Crippen molar-refractivity contribution >= 4 is 44.5 Å². The smallest absolute Gasteiger partial charge is 0.272 e. The van der Waals surface area contributed by atoms with E-state index in [1.54, 1.807) is 13.0 Å². The van der Waals surface area contributed by atoms with Crippen molar-refractivity contribution in [1.29, 1.82) is 0 Å². The molecule has 2 aromatic carbocycles.